The third-order valence-corrected chi connectivity index (χ3v) is 8.25. The molecule has 0 radical (unpaired) electrons. The molecule has 2 heterocycles. The van der Waals surface area contributed by atoms with Gasteiger partial charge in [-0.1, -0.05) is 84.5 Å². The Balaban J connectivity index is 1.39. The largest absolute Gasteiger partial charge is 0.489 e. The SMILES string of the molecule is O=C(O)CCCCCN1C(=O)/C(=C/c2cn(-c3ccccc3)nc2-c2cccc(OCc3ccc(Cl)cc3)c2)SC1=S. The summed E-state index contributed by atoms with van der Waals surface area (Å²) in [6, 6.07) is 25.0. The van der Waals surface area contributed by atoms with Crippen molar-refractivity contribution in [2.75, 3.05) is 6.54 Å². The Hall–Kier alpha value is -3.92. The lowest BCUT2D eigenvalue weighted by Gasteiger charge is -2.13. The first-order chi connectivity index (χ1) is 20.4. The van der Waals surface area contributed by atoms with Gasteiger partial charge < -0.3 is 9.84 Å². The first kappa shape index (κ1) is 29.6. The minimum atomic E-state index is -0.811. The van der Waals surface area contributed by atoms with Crippen molar-refractivity contribution >= 4 is 57.9 Å². The second kappa shape index (κ2) is 13.8. The van der Waals surface area contributed by atoms with E-state index in [2.05, 4.69) is 0 Å². The van der Waals surface area contributed by atoms with Gasteiger partial charge in [-0.3, -0.25) is 14.5 Å². The topological polar surface area (TPSA) is 84.7 Å². The van der Waals surface area contributed by atoms with Crippen molar-refractivity contribution < 1.29 is 19.4 Å². The molecule has 5 rings (SSSR count). The van der Waals surface area contributed by atoms with E-state index in [4.69, 9.17) is 38.8 Å². The van der Waals surface area contributed by atoms with E-state index in [0.717, 1.165) is 22.4 Å². The maximum absolute atomic E-state index is 13.3. The van der Waals surface area contributed by atoms with Crippen molar-refractivity contribution in [1.82, 2.24) is 14.7 Å². The van der Waals surface area contributed by atoms with Crippen LogP contribution in [0, 0.1) is 0 Å². The van der Waals surface area contributed by atoms with E-state index in [9.17, 15) is 9.59 Å². The van der Waals surface area contributed by atoms with Crippen LogP contribution in [0.15, 0.2) is 90.0 Å². The molecule has 3 aromatic carbocycles. The van der Waals surface area contributed by atoms with Gasteiger partial charge in [-0.2, -0.15) is 5.10 Å². The molecule has 42 heavy (non-hydrogen) atoms. The zero-order valence-electron chi connectivity index (χ0n) is 22.6. The highest BCUT2D eigenvalue weighted by molar-refractivity contribution is 8.26. The number of para-hydroxylation sites is 1. The number of carbonyl (C=O) groups excluding carboxylic acids is 1. The maximum atomic E-state index is 13.3. The van der Waals surface area contributed by atoms with E-state index in [0.29, 0.717) is 58.1 Å². The average Bonchev–Trinajstić information content (AvgIpc) is 3.53. The number of unbranched alkanes of at least 4 members (excludes halogenated alkanes) is 2. The number of rotatable bonds is 12. The fraction of sp³-hybridized carbons (Fsp3) is 0.188. The van der Waals surface area contributed by atoms with Crippen molar-refractivity contribution in [2.45, 2.75) is 32.3 Å². The van der Waals surface area contributed by atoms with Crippen LogP contribution in [0.1, 0.15) is 36.8 Å². The second-order valence-corrected chi connectivity index (χ2v) is 11.8. The maximum Gasteiger partial charge on any atom is 0.303 e. The molecule has 1 N–H and O–H groups in total. The first-order valence-electron chi connectivity index (χ1n) is 13.5. The van der Waals surface area contributed by atoms with Crippen LogP contribution in [-0.4, -0.2) is 42.5 Å². The molecule has 0 bridgehead atoms. The van der Waals surface area contributed by atoms with Crippen molar-refractivity contribution in [1.29, 1.82) is 0 Å². The molecule has 4 aromatic rings. The van der Waals surface area contributed by atoms with E-state index >= 15 is 0 Å². The minimum absolute atomic E-state index is 0.125. The molecule has 1 saturated heterocycles. The lowest BCUT2D eigenvalue weighted by atomic mass is 10.1. The van der Waals surface area contributed by atoms with Gasteiger partial charge in [-0.05, 0) is 60.9 Å². The number of aliphatic carboxylic acids is 1. The number of amides is 1. The summed E-state index contributed by atoms with van der Waals surface area (Å²) in [6.07, 6.45) is 5.85. The normalized spacial score (nSPS) is 14.1. The molecule has 1 aliphatic heterocycles. The summed E-state index contributed by atoms with van der Waals surface area (Å²) in [5, 5.41) is 14.4. The van der Waals surface area contributed by atoms with Crippen molar-refractivity contribution in [2.24, 2.45) is 0 Å². The van der Waals surface area contributed by atoms with E-state index in [-0.39, 0.29) is 12.3 Å². The monoisotopic (exact) mass is 617 g/mol. The molecule has 1 aromatic heterocycles. The highest BCUT2D eigenvalue weighted by Crippen LogP contribution is 2.35. The zero-order chi connectivity index (χ0) is 29.5. The molecule has 0 unspecified atom stereocenters. The molecule has 0 aliphatic carbocycles. The Bertz CT molecular complexity index is 1620. The molecule has 1 aliphatic rings. The zero-order valence-corrected chi connectivity index (χ0v) is 25.0. The molecule has 1 amide bonds. The minimum Gasteiger partial charge on any atom is -0.489 e. The number of aromatic nitrogens is 2. The number of hydrogen-bond donors (Lipinski definition) is 1. The number of hydrogen-bond acceptors (Lipinski definition) is 6. The number of nitrogens with zero attached hydrogens (tertiary/aromatic N) is 3. The van der Waals surface area contributed by atoms with Crippen molar-refractivity contribution in [3.05, 3.63) is 106 Å². The van der Waals surface area contributed by atoms with Crippen LogP contribution in [0.25, 0.3) is 23.0 Å². The lowest BCUT2D eigenvalue weighted by Crippen LogP contribution is -2.29. The summed E-state index contributed by atoms with van der Waals surface area (Å²) in [7, 11) is 0. The molecule has 7 nitrogen and oxygen atoms in total. The van der Waals surface area contributed by atoms with Gasteiger partial charge >= 0.3 is 5.97 Å². The van der Waals surface area contributed by atoms with Crippen LogP contribution in [0.2, 0.25) is 5.02 Å². The van der Waals surface area contributed by atoms with Gasteiger partial charge in [0.2, 0.25) is 0 Å². The lowest BCUT2D eigenvalue weighted by molar-refractivity contribution is -0.137. The third-order valence-electron chi connectivity index (χ3n) is 6.62. The molecule has 1 fully saturated rings. The van der Waals surface area contributed by atoms with Gasteiger partial charge in [0.25, 0.3) is 5.91 Å². The highest BCUT2D eigenvalue weighted by atomic mass is 35.5. The average molecular weight is 618 g/mol. The second-order valence-electron chi connectivity index (χ2n) is 9.69. The Morgan fingerprint density at radius 3 is 2.57 bits per heavy atom. The smallest absolute Gasteiger partial charge is 0.303 e. The van der Waals surface area contributed by atoms with Gasteiger partial charge in [0.1, 0.15) is 22.4 Å². The van der Waals surface area contributed by atoms with Crippen LogP contribution < -0.4 is 4.74 Å². The number of benzene rings is 3. The molecular weight excluding hydrogens is 590 g/mol. The Labute approximate surface area is 258 Å². The Morgan fingerprint density at radius 1 is 1.02 bits per heavy atom. The third kappa shape index (κ3) is 7.47. The fourth-order valence-electron chi connectivity index (χ4n) is 4.47. The number of carbonyl (C=O) groups is 2. The molecule has 0 saturated carbocycles. The summed E-state index contributed by atoms with van der Waals surface area (Å²) in [5.74, 6) is -0.271. The summed E-state index contributed by atoms with van der Waals surface area (Å²) >= 11 is 12.8. The van der Waals surface area contributed by atoms with Gasteiger partial charge in [0.15, 0.2) is 0 Å². The summed E-state index contributed by atoms with van der Waals surface area (Å²) in [4.78, 5) is 26.2. The molecule has 214 valence electrons. The van der Waals surface area contributed by atoms with Crippen LogP contribution in [0.4, 0.5) is 0 Å². The Morgan fingerprint density at radius 2 is 1.81 bits per heavy atom. The number of thiocarbonyl (C=S) groups is 1. The number of carboxylic acid groups (broad SMARTS) is 1. The summed E-state index contributed by atoms with van der Waals surface area (Å²) in [5.41, 5.74) is 4.22. The number of ether oxygens (including phenoxy) is 1. The quantitative estimate of drug-likeness (QED) is 0.0994. The first-order valence-corrected chi connectivity index (χ1v) is 15.1. The summed E-state index contributed by atoms with van der Waals surface area (Å²) in [6.45, 7) is 0.857. The van der Waals surface area contributed by atoms with E-state index < -0.39 is 5.97 Å². The molecular formula is C32H28ClN3O4S2. The number of halogens is 1. The van der Waals surface area contributed by atoms with Gasteiger partial charge in [-0.25, -0.2) is 4.68 Å². The van der Waals surface area contributed by atoms with Gasteiger partial charge in [-0.15, -0.1) is 0 Å². The summed E-state index contributed by atoms with van der Waals surface area (Å²) < 4.78 is 8.36. The predicted octanol–water partition coefficient (Wildman–Crippen LogP) is 7.62. The fourth-order valence-corrected chi connectivity index (χ4v) is 5.89. The van der Waals surface area contributed by atoms with E-state index in [1.807, 2.05) is 91.1 Å². The highest BCUT2D eigenvalue weighted by Gasteiger charge is 2.32. The van der Waals surface area contributed by atoms with Crippen molar-refractivity contribution in [3.8, 4) is 22.7 Å². The number of carboxylic acids is 1. The van der Waals surface area contributed by atoms with Crippen LogP contribution >= 0.6 is 35.6 Å². The predicted molar refractivity (Wildman–Crippen MR) is 171 cm³/mol. The van der Waals surface area contributed by atoms with Gasteiger partial charge in [0, 0.05) is 35.3 Å². The molecule has 0 spiro atoms. The Kier molecular flexibility index (Phi) is 9.74. The van der Waals surface area contributed by atoms with Crippen LogP contribution in [0.3, 0.4) is 0 Å². The van der Waals surface area contributed by atoms with E-state index in [1.54, 1.807) is 9.58 Å². The van der Waals surface area contributed by atoms with Crippen molar-refractivity contribution in [3.63, 3.8) is 0 Å². The van der Waals surface area contributed by atoms with Gasteiger partial charge in [0.05, 0.1) is 10.6 Å². The molecule has 10 heteroatoms. The molecule has 0 atom stereocenters. The van der Waals surface area contributed by atoms with Crippen LogP contribution in [-0.2, 0) is 16.2 Å². The van der Waals surface area contributed by atoms with E-state index in [1.165, 1.54) is 11.8 Å². The standard InChI is InChI=1S/C32H28ClN3O4S2/c33-25-15-13-22(14-16-25)21-40-27-11-7-8-23(18-27)30-24(20-36(34-30)26-9-3-1-4-10-26)19-28-31(39)35(32(41)42-28)17-6-2-5-12-29(37)38/h1,3-4,7-11,13-16,18-20H,2,5-6,12,17,21H2,(H,37,38)/b28-19-. The van der Waals surface area contributed by atoms with Crippen LogP contribution in [0.5, 0.6) is 5.75 Å². The number of thioether (sulfide) groups is 1.